The molecule has 2 aromatic heterocycles. The van der Waals surface area contributed by atoms with Crippen LogP contribution < -0.4 is 9.64 Å². The summed E-state index contributed by atoms with van der Waals surface area (Å²) in [5.74, 6) is 0.591. The van der Waals surface area contributed by atoms with Crippen LogP contribution in [0.4, 0.5) is 5.69 Å². The number of hydrogen-bond donors (Lipinski definition) is 2. The van der Waals surface area contributed by atoms with Crippen LogP contribution in [0.25, 0.3) is 22.4 Å². The van der Waals surface area contributed by atoms with Gasteiger partial charge in [-0.15, -0.1) is 0 Å². The molecule has 0 saturated carbocycles. The number of morpholine rings is 1. The van der Waals surface area contributed by atoms with Crippen molar-refractivity contribution in [3.8, 4) is 23.0 Å². The highest BCUT2D eigenvalue weighted by Crippen LogP contribution is 2.31. The van der Waals surface area contributed by atoms with E-state index in [1.54, 1.807) is 37.3 Å². The summed E-state index contributed by atoms with van der Waals surface area (Å²) in [7, 11) is 0. The molecule has 0 atom stereocenters. The van der Waals surface area contributed by atoms with Crippen LogP contribution in [0.1, 0.15) is 12.5 Å². The second-order valence-corrected chi connectivity index (χ2v) is 8.10. The Morgan fingerprint density at radius 1 is 1.09 bits per heavy atom. The van der Waals surface area contributed by atoms with Crippen LogP contribution in [0.5, 0.6) is 11.8 Å². The SMILES string of the molecule is C/C(=N\O)c1ccc(Oc2nc3nc(-c4ccc(N5CCOCC5)cc4)c(Cl)cc3[nH]2)cc1. The molecule has 0 spiro atoms. The van der Waals surface area contributed by atoms with Crippen LogP contribution in [0.15, 0.2) is 59.8 Å². The highest BCUT2D eigenvalue weighted by atomic mass is 35.5. The van der Waals surface area contributed by atoms with Crippen molar-refractivity contribution in [1.82, 2.24) is 15.0 Å². The van der Waals surface area contributed by atoms with Gasteiger partial charge >= 0.3 is 6.01 Å². The Balaban J connectivity index is 1.37. The van der Waals surface area contributed by atoms with Gasteiger partial charge in [0.2, 0.25) is 0 Å². The predicted octanol–water partition coefficient (Wildman–Crippen LogP) is 5.11. The fraction of sp³-hybridized carbons (Fsp3) is 0.208. The zero-order valence-electron chi connectivity index (χ0n) is 18.0. The number of fused-ring (bicyclic) bond motifs is 1. The van der Waals surface area contributed by atoms with E-state index in [0.29, 0.717) is 39.4 Å². The minimum atomic E-state index is 0.314. The summed E-state index contributed by atoms with van der Waals surface area (Å²) in [4.78, 5) is 14.5. The summed E-state index contributed by atoms with van der Waals surface area (Å²) in [6, 6.07) is 17.5. The number of aromatic amines is 1. The average Bonchev–Trinajstić information content (AvgIpc) is 3.25. The number of pyridine rings is 1. The van der Waals surface area contributed by atoms with E-state index in [1.165, 1.54) is 0 Å². The zero-order chi connectivity index (χ0) is 22.8. The summed E-state index contributed by atoms with van der Waals surface area (Å²) >= 11 is 6.55. The van der Waals surface area contributed by atoms with Crippen LogP contribution in [0, 0.1) is 0 Å². The van der Waals surface area contributed by atoms with Crippen molar-refractivity contribution in [2.45, 2.75) is 6.92 Å². The molecule has 0 bridgehead atoms. The Hall–Kier alpha value is -3.62. The van der Waals surface area contributed by atoms with Crippen LogP contribution in [0.2, 0.25) is 5.02 Å². The molecule has 33 heavy (non-hydrogen) atoms. The summed E-state index contributed by atoms with van der Waals surface area (Å²) in [5.41, 5.74) is 5.26. The molecular weight excluding hydrogens is 442 g/mol. The smallest absolute Gasteiger partial charge is 0.301 e. The fourth-order valence-corrected chi connectivity index (χ4v) is 3.99. The largest absolute Gasteiger partial charge is 0.426 e. The quantitative estimate of drug-likeness (QED) is 0.243. The number of nitrogens with one attached hydrogen (secondary N) is 1. The van der Waals surface area contributed by atoms with Crippen molar-refractivity contribution in [2.24, 2.45) is 5.16 Å². The summed E-state index contributed by atoms with van der Waals surface area (Å²) < 4.78 is 11.3. The van der Waals surface area contributed by atoms with Gasteiger partial charge in [-0.2, -0.15) is 4.98 Å². The minimum Gasteiger partial charge on any atom is -0.426 e. The van der Waals surface area contributed by atoms with Crippen molar-refractivity contribution in [3.05, 3.63) is 65.2 Å². The summed E-state index contributed by atoms with van der Waals surface area (Å²) in [6.45, 7) is 4.99. The number of halogens is 1. The molecule has 168 valence electrons. The number of nitrogens with zero attached hydrogens (tertiary/aromatic N) is 4. The van der Waals surface area contributed by atoms with Crippen molar-refractivity contribution in [1.29, 1.82) is 0 Å². The molecule has 8 nitrogen and oxygen atoms in total. The van der Waals surface area contributed by atoms with Crippen LogP contribution in [-0.4, -0.2) is 52.2 Å². The molecule has 1 saturated heterocycles. The lowest BCUT2D eigenvalue weighted by molar-refractivity contribution is 0.122. The van der Waals surface area contributed by atoms with Crippen molar-refractivity contribution >= 4 is 34.2 Å². The molecule has 0 radical (unpaired) electrons. The molecule has 1 aliphatic rings. The number of aromatic nitrogens is 3. The fourth-order valence-electron chi connectivity index (χ4n) is 3.73. The maximum absolute atomic E-state index is 8.89. The zero-order valence-corrected chi connectivity index (χ0v) is 18.7. The van der Waals surface area contributed by atoms with Crippen LogP contribution in [0.3, 0.4) is 0 Å². The lowest BCUT2D eigenvalue weighted by Crippen LogP contribution is -2.36. The molecule has 1 aliphatic heterocycles. The van der Waals surface area contributed by atoms with Crippen LogP contribution >= 0.6 is 11.6 Å². The summed E-state index contributed by atoms with van der Waals surface area (Å²) in [6.07, 6.45) is 0. The molecule has 9 heteroatoms. The van der Waals surface area contributed by atoms with Crippen molar-refractivity contribution in [2.75, 3.05) is 31.2 Å². The van der Waals surface area contributed by atoms with E-state index in [9.17, 15) is 0 Å². The highest BCUT2D eigenvalue weighted by molar-refractivity contribution is 6.33. The van der Waals surface area contributed by atoms with Gasteiger partial charge in [-0.1, -0.05) is 28.9 Å². The molecule has 5 rings (SSSR count). The number of hydrogen-bond acceptors (Lipinski definition) is 7. The Morgan fingerprint density at radius 2 is 1.82 bits per heavy atom. The number of rotatable bonds is 5. The van der Waals surface area contributed by atoms with Gasteiger partial charge in [-0.3, -0.25) is 0 Å². The lowest BCUT2D eigenvalue weighted by Gasteiger charge is -2.28. The minimum absolute atomic E-state index is 0.314. The highest BCUT2D eigenvalue weighted by Gasteiger charge is 2.15. The Labute approximate surface area is 195 Å². The standard InChI is InChI=1S/C24H22ClN5O3/c1-15(29-31)16-4-8-19(9-5-16)33-24-26-21-14-20(25)22(27-23(21)28-24)17-2-6-18(7-3-17)30-10-12-32-13-11-30/h2-9,14,31H,10-13H2,1H3,(H,26,27,28)/b29-15+. The molecule has 1 fully saturated rings. The van der Waals surface area contributed by atoms with Crippen LogP contribution in [-0.2, 0) is 4.74 Å². The van der Waals surface area contributed by atoms with E-state index < -0.39 is 0 Å². The van der Waals surface area contributed by atoms with Gasteiger partial charge in [-0.05, 0) is 55.0 Å². The van der Waals surface area contributed by atoms with E-state index in [2.05, 4.69) is 37.1 Å². The average molecular weight is 464 g/mol. The maximum atomic E-state index is 8.89. The third-order valence-corrected chi connectivity index (χ3v) is 5.85. The van der Waals surface area contributed by atoms with E-state index in [4.69, 9.17) is 26.3 Å². The number of benzene rings is 2. The Bertz CT molecular complexity index is 1300. The molecule has 0 amide bonds. The van der Waals surface area contributed by atoms with Gasteiger partial charge in [-0.25, -0.2) is 4.98 Å². The number of anilines is 1. The lowest BCUT2D eigenvalue weighted by atomic mass is 10.1. The first-order valence-corrected chi connectivity index (χ1v) is 10.9. The molecule has 2 aromatic carbocycles. The molecule has 3 heterocycles. The first kappa shape index (κ1) is 21.2. The normalized spacial score (nSPS) is 14.6. The molecule has 4 aromatic rings. The van der Waals surface area contributed by atoms with E-state index >= 15 is 0 Å². The first-order valence-electron chi connectivity index (χ1n) is 10.6. The number of imidazole rings is 1. The Morgan fingerprint density at radius 3 is 2.52 bits per heavy atom. The molecule has 0 aliphatic carbocycles. The third kappa shape index (κ3) is 4.48. The van der Waals surface area contributed by atoms with E-state index in [0.717, 1.165) is 43.1 Å². The van der Waals surface area contributed by atoms with Gasteiger partial charge < -0.3 is 24.6 Å². The second-order valence-electron chi connectivity index (χ2n) is 7.69. The third-order valence-electron chi connectivity index (χ3n) is 5.56. The predicted molar refractivity (Wildman–Crippen MR) is 128 cm³/mol. The number of H-pyrrole nitrogens is 1. The van der Waals surface area contributed by atoms with E-state index in [-0.39, 0.29) is 0 Å². The number of ether oxygens (including phenoxy) is 2. The van der Waals surface area contributed by atoms with Gasteiger partial charge in [0.05, 0.1) is 35.2 Å². The van der Waals surface area contributed by atoms with Gasteiger partial charge in [0.15, 0.2) is 5.65 Å². The number of oxime groups is 1. The Kier molecular flexibility index (Phi) is 5.85. The maximum Gasteiger partial charge on any atom is 0.301 e. The van der Waals surface area contributed by atoms with Crippen molar-refractivity contribution in [3.63, 3.8) is 0 Å². The van der Waals surface area contributed by atoms with Gasteiger partial charge in [0, 0.05) is 24.3 Å². The van der Waals surface area contributed by atoms with E-state index in [1.807, 2.05) is 12.1 Å². The molecule has 0 unspecified atom stereocenters. The van der Waals surface area contributed by atoms with Gasteiger partial charge in [0.25, 0.3) is 0 Å². The molecular formula is C24H22ClN5O3. The monoisotopic (exact) mass is 463 g/mol. The van der Waals surface area contributed by atoms with Crippen molar-refractivity contribution < 1.29 is 14.7 Å². The topological polar surface area (TPSA) is 95.9 Å². The second kappa shape index (κ2) is 9.09. The van der Waals surface area contributed by atoms with Gasteiger partial charge in [0.1, 0.15) is 5.75 Å². The first-order chi connectivity index (χ1) is 16.1. The molecule has 2 N–H and O–H groups in total. The summed E-state index contributed by atoms with van der Waals surface area (Å²) in [5, 5.41) is 12.6.